The van der Waals surface area contributed by atoms with Gasteiger partial charge >= 0.3 is 0 Å². The van der Waals surface area contributed by atoms with E-state index in [9.17, 15) is 9.18 Å². The van der Waals surface area contributed by atoms with Crippen molar-refractivity contribution in [1.82, 2.24) is 19.9 Å². The van der Waals surface area contributed by atoms with E-state index in [1.807, 2.05) is 18.2 Å². The lowest BCUT2D eigenvalue weighted by Gasteiger charge is -2.28. The van der Waals surface area contributed by atoms with Crippen LogP contribution in [0.4, 0.5) is 4.39 Å². The number of rotatable bonds is 6. The summed E-state index contributed by atoms with van der Waals surface area (Å²) >= 11 is 0. The van der Waals surface area contributed by atoms with Gasteiger partial charge < -0.3 is 14.4 Å². The van der Waals surface area contributed by atoms with Gasteiger partial charge in [0.1, 0.15) is 12.3 Å². The third kappa shape index (κ3) is 4.28. The van der Waals surface area contributed by atoms with Crippen LogP contribution in [-0.2, 0) is 17.7 Å². The standard InChI is InChI=1S/C22H21FN4O3/c1-29-10-11-30-20-6-5-15(12-17(20)23)22(28)27-9-7-18-16(14-27)13-25-21(26-18)19-4-2-3-8-24-19/h2-6,8,12-13H,7,9-11,14H2,1H3. The number of hydrogen-bond donors (Lipinski definition) is 0. The van der Waals surface area contributed by atoms with Crippen molar-refractivity contribution in [1.29, 1.82) is 0 Å². The summed E-state index contributed by atoms with van der Waals surface area (Å²) in [5.41, 5.74) is 2.78. The second kappa shape index (κ2) is 8.96. The van der Waals surface area contributed by atoms with Crippen LogP contribution in [-0.4, -0.2) is 52.6 Å². The van der Waals surface area contributed by atoms with Crippen LogP contribution in [0.25, 0.3) is 11.5 Å². The number of nitrogens with zero attached hydrogens (tertiary/aromatic N) is 4. The predicted octanol–water partition coefficient (Wildman–Crippen LogP) is 2.90. The van der Waals surface area contributed by atoms with Gasteiger partial charge in [0.05, 0.1) is 12.3 Å². The van der Waals surface area contributed by atoms with Crippen molar-refractivity contribution in [3.63, 3.8) is 0 Å². The summed E-state index contributed by atoms with van der Waals surface area (Å²) in [6, 6.07) is 9.84. The van der Waals surface area contributed by atoms with Crippen molar-refractivity contribution in [2.24, 2.45) is 0 Å². The molecular formula is C22H21FN4O3. The monoisotopic (exact) mass is 408 g/mol. The van der Waals surface area contributed by atoms with E-state index < -0.39 is 5.82 Å². The van der Waals surface area contributed by atoms with E-state index in [0.717, 1.165) is 11.3 Å². The molecule has 0 bridgehead atoms. The minimum atomic E-state index is -0.572. The van der Waals surface area contributed by atoms with Gasteiger partial charge in [-0.15, -0.1) is 0 Å². The molecule has 1 aliphatic rings. The van der Waals surface area contributed by atoms with Crippen LogP contribution in [0.3, 0.4) is 0 Å². The fraction of sp³-hybridized carbons (Fsp3) is 0.273. The van der Waals surface area contributed by atoms with Crippen LogP contribution in [0.5, 0.6) is 5.75 Å². The van der Waals surface area contributed by atoms with E-state index in [1.54, 1.807) is 30.5 Å². The second-order valence-corrected chi connectivity index (χ2v) is 6.84. The number of aromatic nitrogens is 3. The van der Waals surface area contributed by atoms with Gasteiger partial charge in [0, 0.05) is 50.1 Å². The lowest BCUT2D eigenvalue weighted by Crippen LogP contribution is -2.36. The highest BCUT2D eigenvalue weighted by Gasteiger charge is 2.24. The van der Waals surface area contributed by atoms with Crippen molar-refractivity contribution in [2.45, 2.75) is 13.0 Å². The maximum atomic E-state index is 14.3. The Kier molecular flexibility index (Phi) is 5.94. The highest BCUT2D eigenvalue weighted by atomic mass is 19.1. The molecule has 30 heavy (non-hydrogen) atoms. The highest BCUT2D eigenvalue weighted by molar-refractivity contribution is 5.94. The maximum Gasteiger partial charge on any atom is 0.254 e. The number of pyridine rings is 1. The molecule has 1 amide bonds. The Bertz CT molecular complexity index is 1050. The Labute approximate surface area is 173 Å². The van der Waals surface area contributed by atoms with E-state index in [-0.39, 0.29) is 23.8 Å². The van der Waals surface area contributed by atoms with Gasteiger partial charge in [0.15, 0.2) is 17.4 Å². The first-order chi connectivity index (χ1) is 14.7. The molecule has 0 N–H and O–H groups in total. The largest absolute Gasteiger partial charge is 0.488 e. The van der Waals surface area contributed by atoms with E-state index in [0.29, 0.717) is 37.6 Å². The zero-order chi connectivity index (χ0) is 20.9. The van der Waals surface area contributed by atoms with Gasteiger partial charge in [-0.25, -0.2) is 14.4 Å². The molecule has 3 aromatic rings. The van der Waals surface area contributed by atoms with E-state index in [1.165, 1.54) is 12.1 Å². The van der Waals surface area contributed by atoms with E-state index in [4.69, 9.17) is 9.47 Å². The lowest BCUT2D eigenvalue weighted by atomic mass is 10.1. The summed E-state index contributed by atoms with van der Waals surface area (Å²) in [5.74, 6) is -0.141. The van der Waals surface area contributed by atoms with Gasteiger partial charge in [-0.2, -0.15) is 0 Å². The molecule has 1 aromatic carbocycles. The molecule has 0 saturated heterocycles. The molecule has 0 fully saturated rings. The molecular weight excluding hydrogens is 387 g/mol. The molecule has 4 rings (SSSR count). The third-order valence-corrected chi connectivity index (χ3v) is 4.84. The summed E-state index contributed by atoms with van der Waals surface area (Å²) in [5, 5.41) is 0. The Balaban J connectivity index is 1.46. The zero-order valence-corrected chi connectivity index (χ0v) is 16.5. The molecule has 3 heterocycles. The van der Waals surface area contributed by atoms with Gasteiger partial charge in [-0.3, -0.25) is 9.78 Å². The molecule has 0 unspecified atom stereocenters. The fourth-order valence-corrected chi connectivity index (χ4v) is 3.28. The average Bonchev–Trinajstić information content (AvgIpc) is 2.79. The first-order valence-electron chi connectivity index (χ1n) is 9.62. The molecule has 0 spiro atoms. The number of methoxy groups -OCH3 is 1. The number of fused-ring (bicyclic) bond motifs is 1. The number of ether oxygens (including phenoxy) is 2. The Morgan fingerprint density at radius 3 is 2.87 bits per heavy atom. The molecule has 2 aromatic heterocycles. The third-order valence-electron chi connectivity index (χ3n) is 4.84. The molecule has 7 nitrogen and oxygen atoms in total. The van der Waals surface area contributed by atoms with Crippen LogP contribution in [0.1, 0.15) is 21.6 Å². The van der Waals surface area contributed by atoms with Crippen molar-refractivity contribution < 1.29 is 18.7 Å². The Morgan fingerprint density at radius 1 is 1.20 bits per heavy atom. The number of carbonyl (C=O) groups is 1. The van der Waals surface area contributed by atoms with Crippen LogP contribution in [0.2, 0.25) is 0 Å². The minimum absolute atomic E-state index is 0.100. The van der Waals surface area contributed by atoms with Crippen LogP contribution < -0.4 is 4.74 Å². The highest BCUT2D eigenvalue weighted by Crippen LogP contribution is 2.23. The lowest BCUT2D eigenvalue weighted by molar-refractivity contribution is 0.0732. The molecule has 0 radical (unpaired) electrons. The summed E-state index contributed by atoms with van der Waals surface area (Å²) < 4.78 is 24.5. The van der Waals surface area contributed by atoms with Gasteiger partial charge in [0.25, 0.3) is 5.91 Å². The molecule has 0 atom stereocenters. The Hall–Kier alpha value is -3.39. The van der Waals surface area contributed by atoms with Gasteiger partial charge in [0.2, 0.25) is 0 Å². The van der Waals surface area contributed by atoms with Gasteiger partial charge in [-0.1, -0.05) is 6.07 Å². The van der Waals surface area contributed by atoms with Crippen LogP contribution in [0, 0.1) is 5.82 Å². The number of halogens is 1. The van der Waals surface area contributed by atoms with Crippen molar-refractivity contribution in [3.05, 3.63) is 71.4 Å². The van der Waals surface area contributed by atoms with E-state index in [2.05, 4.69) is 15.0 Å². The zero-order valence-electron chi connectivity index (χ0n) is 16.5. The number of benzene rings is 1. The van der Waals surface area contributed by atoms with Crippen LogP contribution >= 0.6 is 0 Å². The average molecular weight is 408 g/mol. The number of carbonyl (C=O) groups excluding carboxylic acids is 1. The molecule has 154 valence electrons. The first-order valence-corrected chi connectivity index (χ1v) is 9.62. The van der Waals surface area contributed by atoms with Crippen LogP contribution in [0.15, 0.2) is 48.8 Å². The summed E-state index contributed by atoms with van der Waals surface area (Å²) in [4.78, 5) is 27.8. The van der Waals surface area contributed by atoms with E-state index >= 15 is 0 Å². The number of hydrogen-bond acceptors (Lipinski definition) is 6. The van der Waals surface area contributed by atoms with Crippen molar-refractivity contribution in [2.75, 3.05) is 26.9 Å². The summed E-state index contributed by atoms with van der Waals surface area (Å²) in [7, 11) is 1.54. The fourth-order valence-electron chi connectivity index (χ4n) is 3.28. The maximum absolute atomic E-state index is 14.3. The van der Waals surface area contributed by atoms with Crippen molar-refractivity contribution in [3.8, 4) is 17.3 Å². The minimum Gasteiger partial charge on any atom is -0.488 e. The summed E-state index contributed by atoms with van der Waals surface area (Å²) in [6.07, 6.45) is 4.04. The normalized spacial score (nSPS) is 13.1. The summed E-state index contributed by atoms with van der Waals surface area (Å²) in [6.45, 7) is 1.48. The first kappa shape index (κ1) is 19.9. The smallest absolute Gasteiger partial charge is 0.254 e. The number of amides is 1. The topological polar surface area (TPSA) is 77.4 Å². The van der Waals surface area contributed by atoms with Crippen molar-refractivity contribution >= 4 is 5.91 Å². The van der Waals surface area contributed by atoms with Gasteiger partial charge in [-0.05, 0) is 30.3 Å². The second-order valence-electron chi connectivity index (χ2n) is 6.84. The molecule has 8 heteroatoms. The quantitative estimate of drug-likeness (QED) is 0.584. The predicted molar refractivity (Wildman–Crippen MR) is 107 cm³/mol. The molecule has 0 aliphatic carbocycles. The SMILES string of the molecule is COCCOc1ccc(C(=O)N2CCc3nc(-c4ccccn4)ncc3C2)cc1F. The Morgan fingerprint density at radius 2 is 2.10 bits per heavy atom. The molecule has 0 saturated carbocycles. The molecule has 1 aliphatic heterocycles.